The molecular formula is C27H22ClNO3. The predicted octanol–water partition coefficient (Wildman–Crippen LogP) is 6.52. The highest BCUT2D eigenvalue weighted by Crippen LogP contribution is 2.32. The highest BCUT2D eigenvalue weighted by molar-refractivity contribution is 6.31. The number of carbonyl (C=O) groups is 2. The number of esters is 1. The average Bonchev–Trinajstić information content (AvgIpc) is 2.78. The number of aryl methyl sites for hydroxylation is 2. The molecule has 0 N–H and O–H groups in total. The van der Waals surface area contributed by atoms with Crippen molar-refractivity contribution in [3.8, 4) is 11.3 Å². The SMILES string of the molecule is Cc1ccc(C(=O)COC(=O)c2c(C)c(-c3ccc(C)cc3)nc3ccc(Cl)cc23)cc1. The number of Topliss-reactive ketones (excluding diaryl/α,β-unsaturated/α-hetero) is 1. The maximum atomic E-state index is 13.2. The number of pyridine rings is 1. The molecule has 0 aliphatic rings. The molecule has 32 heavy (non-hydrogen) atoms. The van der Waals surface area contributed by atoms with Crippen LogP contribution in [0.15, 0.2) is 66.7 Å². The van der Waals surface area contributed by atoms with Crippen LogP contribution < -0.4 is 0 Å². The average molecular weight is 444 g/mol. The second-order valence-corrected chi connectivity index (χ2v) is 8.29. The number of halogens is 1. The summed E-state index contributed by atoms with van der Waals surface area (Å²) in [5.41, 5.74) is 5.95. The molecule has 0 saturated heterocycles. The molecule has 160 valence electrons. The first-order valence-electron chi connectivity index (χ1n) is 10.3. The van der Waals surface area contributed by atoms with Gasteiger partial charge in [0.25, 0.3) is 0 Å². The molecule has 0 saturated carbocycles. The summed E-state index contributed by atoms with van der Waals surface area (Å²) >= 11 is 6.21. The monoisotopic (exact) mass is 443 g/mol. The zero-order valence-electron chi connectivity index (χ0n) is 18.1. The maximum Gasteiger partial charge on any atom is 0.339 e. The van der Waals surface area contributed by atoms with E-state index in [0.29, 0.717) is 38.3 Å². The summed E-state index contributed by atoms with van der Waals surface area (Å²) in [5, 5.41) is 1.09. The Morgan fingerprint density at radius 2 is 1.50 bits per heavy atom. The number of nitrogens with zero attached hydrogens (tertiary/aromatic N) is 1. The van der Waals surface area contributed by atoms with Crippen LogP contribution in [0.1, 0.15) is 37.4 Å². The van der Waals surface area contributed by atoms with Crippen molar-refractivity contribution in [3.05, 3.63) is 99.6 Å². The minimum absolute atomic E-state index is 0.258. The van der Waals surface area contributed by atoms with Gasteiger partial charge in [0.05, 0.1) is 16.8 Å². The first-order chi connectivity index (χ1) is 15.3. The van der Waals surface area contributed by atoms with Gasteiger partial charge in [0, 0.05) is 21.5 Å². The fourth-order valence-electron chi connectivity index (χ4n) is 3.61. The van der Waals surface area contributed by atoms with Crippen LogP contribution >= 0.6 is 11.6 Å². The molecule has 4 nitrogen and oxygen atoms in total. The highest BCUT2D eigenvalue weighted by atomic mass is 35.5. The Balaban J connectivity index is 1.72. The van der Waals surface area contributed by atoms with Gasteiger partial charge in [-0.05, 0) is 44.5 Å². The molecule has 0 spiro atoms. The van der Waals surface area contributed by atoms with E-state index in [1.807, 2.05) is 57.2 Å². The van der Waals surface area contributed by atoms with Gasteiger partial charge in [0.2, 0.25) is 0 Å². The summed E-state index contributed by atoms with van der Waals surface area (Å²) in [6, 6.07) is 20.3. The van der Waals surface area contributed by atoms with Crippen LogP contribution in [0.4, 0.5) is 0 Å². The van der Waals surface area contributed by atoms with Crippen LogP contribution in [0.5, 0.6) is 0 Å². The van der Waals surface area contributed by atoms with Crippen LogP contribution in [-0.4, -0.2) is 23.3 Å². The first kappa shape index (κ1) is 21.7. The second-order valence-electron chi connectivity index (χ2n) is 7.85. The van der Waals surface area contributed by atoms with Gasteiger partial charge in [-0.1, -0.05) is 71.3 Å². The molecule has 0 atom stereocenters. The molecule has 1 heterocycles. The molecule has 0 amide bonds. The lowest BCUT2D eigenvalue weighted by atomic mass is 9.97. The van der Waals surface area contributed by atoms with Crippen molar-refractivity contribution in [2.45, 2.75) is 20.8 Å². The van der Waals surface area contributed by atoms with Crippen molar-refractivity contribution in [1.29, 1.82) is 0 Å². The van der Waals surface area contributed by atoms with Gasteiger partial charge < -0.3 is 4.74 Å². The molecule has 0 aliphatic heterocycles. The van der Waals surface area contributed by atoms with E-state index in [9.17, 15) is 9.59 Å². The van der Waals surface area contributed by atoms with E-state index >= 15 is 0 Å². The number of hydrogen-bond donors (Lipinski definition) is 0. The zero-order chi connectivity index (χ0) is 22.8. The van der Waals surface area contributed by atoms with E-state index in [2.05, 4.69) is 0 Å². The van der Waals surface area contributed by atoms with Gasteiger partial charge in [-0.3, -0.25) is 4.79 Å². The number of hydrogen-bond acceptors (Lipinski definition) is 4. The van der Waals surface area contributed by atoms with Crippen LogP contribution in [-0.2, 0) is 4.74 Å². The fraction of sp³-hybridized carbons (Fsp3) is 0.148. The van der Waals surface area contributed by atoms with E-state index in [1.165, 1.54) is 0 Å². The number of benzene rings is 3. The molecule has 1 aromatic heterocycles. The quantitative estimate of drug-likeness (QED) is 0.260. The number of rotatable bonds is 5. The molecule has 4 aromatic rings. The number of ketones is 1. The van der Waals surface area contributed by atoms with Gasteiger partial charge in [-0.25, -0.2) is 9.78 Å². The van der Waals surface area contributed by atoms with Crippen molar-refractivity contribution in [2.24, 2.45) is 0 Å². The van der Waals surface area contributed by atoms with Gasteiger partial charge in [-0.15, -0.1) is 0 Å². The summed E-state index contributed by atoms with van der Waals surface area (Å²) < 4.78 is 5.45. The van der Waals surface area contributed by atoms with Gasteiger partial charge in [0.15, 0.2) is 12.4 Å². The lowest BCUT2D eigenvalue weighted by Crippen LogP contribution is -2.16. The van der Waals surface area contributed by atoms with E-state index in [-0.39, 0.29) is 12.4 Å². The lowest BCUT2D eigenvalue weighted by Gasteiger charge is -2.14. The standard InChI is InChI=1S/C27H22ClNO3/c1-16-4-8-19(9-5-16)24(30)15-32-27(31)25-18(3)26(20-10-6-17(2)7-11-20)29-23-13-12-21(28)14-22(23)25/h4-14H,15H2,1-3H3. The van der Waals surface area contributed by atoms with Gasteiger partial charge in [-0.2, -0.15) is 0 Å². The van der Waals surface area contributed by atoms with Crippen LogP contribution in [0, 0.1) is 20.8 Å². The van der Waals surface area contributed by atoms with Gasteiger partial charge in [0.1, 0.15) is 0 Å². The topological polar surface area (TPSA) is 56.3 Å². The number of ether oxygens (including phenoxy) is 1. The second kappa shape index (κ2) is 8.93. The van der Waals surface area contributed by atoms with E-state index in [0.717, 1.165) is 16.7 Å². The van der Waals surface area contributed by atoms with Crippen molar-refractivity contribution in [3.63, 3.8) is 0 Å². The Morgan fingerprint density at radius 1 is 0.875 bits per heavy atom. The molecule has 3 aromatic carbocycles. The molecule has 0 fully saturated rings. The van der Waals surface area contributed by atoms with Crippen LogP contribution in [0.3, 0.4) is 0 Å². The van der Waals surface area contributed by atoms with E-state index in [4.69, 9.17) is 21.3 Å². The Morgan fingerprint density at radius 3 is 2.16 bits per heavy atom. The molecule has 5 heteroatoms. The third kappa shape index (κ3) is 4.41. The molecule has 4 rings (SSSR count). The normalized spacial score (nSPS) is 10.9. The van der Waals surface area contributed by atoms with Gasteiger partial charge >= 0.3 is 5.97 Å². The minimum atomic E-state index is -0.578. The smallest absolute Gasteiger partial charge is 0.339 e. The molecule has 0 bridgehead atoms. The largest absolute Gasteiger partial charge is 0.454 e. The van der Waals surface area contributed by atoms with Crippen molar-refractivity contribution < 1.29 is 14.3 Å². The molecule has 0 aliphatic carbocycles. The molecule has 0 unspecified atom stereocenters. The number of aromatic nitrogens is 1. The molecular weight excluding hydrogens is 422 g/mol. The maximum absolute atomic E-state index is 13.2. The lowest BCUT2D eigenvalue weighted by molar-refractivity contribution is 0.0476. The first-order valence-corrected chi connectivity index (χ1v) is 10.6. The van der Waals surface area contributed by atoms with Crippen LogP contribution in [0.2, 0.25) is 5.02 Å². The van der Waals surface area contributed by atoms with Crippen molar-refractivity contribution in [2.75, 3.05) is 6.61 Å². The summed E-state index contributed by atoms with van der Waals surface area (Å²) in [6.07, 6.45) is 0. The summed E-state index contributed by atoms with van der Waals surface area (Å²) in [6.45, 7) is 5.45. The Labute approximate surface area is 191 Å². The van der Waals surface area contributed by atoms with E-state index in [1.54, 1.807) is 30.3 Å². The Bertz CT molecular complexity index is 1330. The summed E-state index contributed by atoms with van der Waals surface area (Å²) in [7, 11) is 0. The number of fused-ring (bicyclic) bond motifs is 1. The third-order valence-electron chi connectivity index (χ3n) is 5.43. The number of carbonyl (C=O) groups excluding carboxylic acids is 2. The summed E-state index contributed by atoms with van der Waals surface area (Å²) in [5.74, 6) is -0.836. The Hall–Kier alpha value is -3.50. The molecule has 0 radical (unpaired) electrons. The Kier molecular flexibility index (Phi) is 6.06. The predicted molar refractivity (Wildman–Crippen MR) is 127 cm³/mol. The van der Waals surface area contributed by atoms with Crippen molar-refractivity contribution in [1.82, 2.24) is 4.98 Å². The highest BCUT2D eigenvalue weighted by Gasteiger charge is 2.21. The summed E-state index contributed by atoms with van der Waals surface area (Å²) in [4.78, 5) is 30.5. The minimum Gasteiger partial charge on any atom is -0.454 e. The zero-order valence-corrected chi connectivity index (χ0v) is 18.9. The van der Waals surface area contributed by atoms with E-state index < -0.39 is 5.97 Å². The fourth-order valence-corrected chi connectivity index (χ4v) is 3.78. The van der Waals surface area contributed by atoms with Crippen LogP contribution in [0.25, 0.3) is 22.2 Å². The third-order valence-corrected chi connectivity index (χ3v) is 5.66. The van der Waals surface area contributed by atoms with Crippen molar-refractivity contribution >= 4 is 34.3 Å².